The summed E-state index contributed by atoms with van der Waals surface area (Å²) >= 11 is 0. The van der Waals surface area contributed by atoms with Crippen molar-refractivity contribution in [3.8, 4) is 0 Å². The predicted molar refractivity (Wildman–Crippen MR) is 77.8 cm³/mol. The van der Waals surface area contributed by atoms with E-state index in [1.807, 2.05) is 20.2 Å². The van der Waals surface area contributed by atoms with Crippen molar-refractivity contribution in [3.63, 3.8) is 0 Å². The van der Waals surface area contributed by atoms with E-state index in [1.165, 1.54) is 19.0 Å². The maximum atomic E-state index is 5.38. The summed E-state index contributed by atoms with van der Waals surface area (Å²) in [6.07, 6.45) is 3.25. The Morgan fingerprint density at radius 1 is 1.17 bits per heavy atom. The summed E-state index contributed by atoms with van der Waals surface area (Å²) in [5, 5.41) is 0. The molecule has 0 aromatic carbocycles. The molecule has 18 heavy (non-hydrogen) atoms. The zero-order valence-electron chi connectivity index (χ0n) is 12.1. The molecule has 1 aliphatic rings. The van der Waals surface area contributed by atoms with Gasteiger partial charge in [0.15, 0.2) is 9.76 Å². The van der Waals surface area contributed by atoms with E-state index in [0.717, 1.165) is 19.7 Å². The molecule has 0 spiro atoms. The zero-order valence-corrected chi connectivity index (χ0v) is 13.5. The van der Waals surface area contributed by atoms with Gasteiger partial charge in [0.1, 0.15) is 0 Å². The van der Waals surface area contributed by atoms with Crippen molar-refractivity contribution >= 4 is 16.1 Å². The minimum Gasteiger partial charge on any atom is -0.424 e. The lowest BCUT2D eigenvalue weighted by atomic mass is 10.4. The van der Waals surface area contributed by atoms with E-state index in [1.54, 1.807) is 0 Å². The van der Waals surface area contributed by atoms with Crippen LogP contribution >= 0.6 is 0 Å². The topological polar surface area (TPSA) is 43.3 Å². The molecule has 0 radical (unpaired) electrons. The molecule has 5 nitrogen and oxygen atoms in total. The van der Waals surface area contributed by atoms with E-state index in [9.17, 15) is 0 Å². The minimum absolute atomic E-state index is 0.198. The first kappa shape index (κ1) is 17.6. The number of nitrogens with zero attached hydrogens (tertiary/aromatic N) is 2. The van der Waals surface area contributed by atoms with Crippen LogP contribution < -0.4 is 0 Å². The third kappa shape index (κ3) is 12.0. The van der Waals surface area contributed by atoms with Crippen molar-refractivity contribution in [1.29, 1.82) is 0 Å². The highest BCUT2D eigenvalue weighted by Gasteiger charge is 2.03. The van der Waals surface area contributed by atoms with Crippen LogP contribution in [0.4, 0.5) is 0 Å². The van der Waals surface area contributed by atoms with Crippen molar-refractivity contribution in [3.05, 3.63) is 0 Å². The lowest BCUT2D eigenvalue weighted by molar-refractivity contribution is -0.287. The standard InChI is InChI=1S/C8H18N2OSi.C4H10O2/c1-2-11-12-7-3-5-10-6-4-9-8-10;1-3-5-6-4-2/h8H,2-7,12H2,1H3;3-4H2,1-2H3. The third-order valence-corrected chi connectivity index (χ3v) is 3.75. The highest BCUT2D eigenvalue weighted by Crippen LogP contribution is 1.97. The Morgan fingerprint density at radius 3 is 2.39 bits per heavy atom. The van der Waals surface area contributed by atoms with Gasteiger partial charge in [-0.3, -0.25) is 4.99 Å². The maximum absolute atomic E-state index is 5.38. The smallest absolute Gasteiger partial charge is 0.161 e. The van der Waals surface area contributed by atoms with Gasteiger partial charge in [-0.2, -0.15) is 0 Å². The molecule has 1 rings (SSSR count). The number of hydrogen-bond acceptors (Lipinski definition) is 5. The largest absolute Gasteiger partial charge is 0.424 e. The molecule has 0 fully saturated rings. The van der Waals surface area contributed by atoms with Crippen LogP contribution in [0.5, 0.6) is 0 Å². The third-order valence-electron chi connectivity index (χ3n) is 2.27. The Bertz CT molecular complexity index is 190. The normalized spacial score (nSPS) is 14.3. The highest BCUT2D eigenvalue weighted by atomic mass is 28.2. The van der Waals surface area contributed by atoms with Gasteiger partial charge in [0.05, 0.1) is 26.1 Å². The van der Waals surface area contributed by atoms with Gasteiger partial charge in [-0.25, -0.2) is 9.78 Å². The molecule has 0 aliphatic carbocycles. The van der Waals surface area contributed by atoms with Gasteiger partial charge < -0.3 is 9.33 Å². The van der Waals surface area contributed by atoms with Crippen molar-refractivity contribution in [1.82, 2.24) is 4.90 Å². The molecule has 0 amide bonds. The van der Waals surface area contributed by atoms with Crippen molar-refractivity contribution in [2.45, 2.75) is 33.2 Å². The fraction of sp³-hybridized carbons (Fsp3) is 0.917. The van der Waals surface area contributed by atoms with Gasteiger partial charge in [0.2, 0.25) is 0 Å². The average Bonchev–Trinajstić information content (AvgIpc) is 2.90. The van der Waals surface area contributed by atoms with Crippen LogP contribution in [0.15, 0.2) is 4.99 Å². The molecule has 0 saturated carbocycles. The molecule has 6 heteroatoms. The molecule has 0 N–H and O–H groups in total. The average molecular weight is 276 g/mol. The first-order valence-corrected chi connectivity index (χ1v) is 8.49. The molecule has 0 aromatic rings. The summed E-state index contributed by atoms with van der Waals surface area (Å²) in [6.45, 7) is 11.3. The fourth-order valence-electron chi connectivity index (χ4n) is 1.42. The molecule has 1 aliphatic heterocycles. The van der Waals surface area contributed by atoms with Gasteiger partial charge >= 0.3 is 0 Å². The van der Waals surface area contributed by atoms with Gasteiger partial charge in [-0.05, 0) is 33.2 Å². The molecule has 0 bridgehead atoms. The summed E-state index contributed by atoms with van der Waals surface area (Å²) in [6, 6.07) is 1.30. The van der Waals surface area contributed by atoms with Crippen molar-refractivity contribution in [2.75, 3.05) is 39.5 Å². The first-order valence-electron chi connectivity index (χ1n) is 6.91. The summed E-state index contributed by atoms with van der Waals surface area (Å²) < 4.78 is 5.38. The Morgan fingerprint density at radius 2 is 1.89 bits per heavy atom. The Kier molecular flexibility index (Phi) is 14.3. The van der Waals surface area contributed by atoms with Crippen LogP contribution in [-0.4, -0.2) is 60.5 Å². The number of rotatable bonds is 9. The molecule has 108 valence electrons. The van der Waals surface area contributed by atoms with Crippen LogP contribution in [0.3, 0.4) is 0 Å². The lowest BCUT2D eigenvalue weighted by Gasteiger charge is -2.12. The van der Waals surface area contributed by atoms with Gasteiger partial charge in [0, 0.05) is 19.7 Å². The summed E-state index contributed by atoms with van der Waals surface area (Å²) in [5.41, 5.74) is 0. The quantitative estimate of drug-likeness (QED) is 0.275. The van der Waals surface area contributed by atoms with Crippen LogP contribution in [0.2, 0.25) is 6.04 Å². The van der Waals surface area contributed by atoms with E-state index in [0.29, 0.717) is 13.2 Å². The Balaban J connectivity index is 0.000000411. The van der Waals surface area contributed by atoms with Crippen LogP contribution in [-0.2, 0) is 14.2 Å². The number of aliphatic imine (C=N–C) groups is 1. The van der Waals surface area contributed by atoms with E-state index >= 15 is 0 Å². The van der Waals surface area contributed by atoms with E-state index < -0.39 is 0 Å². The van der Waals surface area contributed by atoms with E-state index in [2.05, 4.69) is 26.6 Å². The Labute approximate surface area is 113 Å². The zero-order chi connectivity index (χ0) is 13.5. The summed E-state index contributed by atoms with van der Waals surface area (Å²) in [7, 11) is -0.198. The van der Waals surface area contributed by atoms with Gasteiger partial charge in [-0.1, -0.05) is 0 Å². The second-order valence-electron chi connectivity index (χ2n) is 3.77. The second kappa shape index (κ2) is 14.6. The van der Waals surface area contributed by atoms with Gasteiger partial charge in [-0.15, -0.1) is 0 Å². The summed E-state index contributed by atoms with van der Waals surface area (Å²) in [4.78, 5) is 15.4. The minimum atomic E-state index is -0.198. The molecule has 0 atom stereocenters. The van der Waals surface area contributed by atoms with Gasteiger partial charge in [0.25, 0.3) is 0 Å². The Hall–Kier alpha value is -0.433. The molecular formula is C12H28N2O3Si. The predicted octanol–water partition coefficient (Wildman–Crippen LogP) is 1.23. The lowest BCUT2D eigenvalue weighted by Crippen LogP contribution is -2.21. The van der Waals surface area contributed by atoms with Crippen LogP contribution in [0.1, 0.15) is 27.2 Å². The monoisotopic (exact) mass is 276 g/mol. The molecule has 1 heterocycles. The molecular weight excluding hydrogens is 248 g/mol. The fourth-order valence-corrected chi connectivity index (χ4v) is 2.34. The second-order valence-corrected chi connectivity index (χ2v) is 5.30. The van der Waals surface area contributed by atoms with Crippen molar-refractivity contribution in [2.24, 2.45) is 4.99 Å². The number of hydrogen-bond donors (Lipinski definition) is 0. The van der Waals surface area contributed by atoms with Crippen LogP contribution in [0, 0.1) is 0 Å². The molecule has 0 aromatic heterocycles. The molecule has 0 unspecified atom stereocenters. The van der Waals surface area contributed by atoms with Crippen molar-refractivity contribution < 1.29 is 14.2 Å². The summed E-state index contributed by atoms with van der Waals surface area (Å²) in [5.74, 6) is 0. The van der Waals surface area contributed by atoms with E-state index in [4.69, 9.17) is 4.43 Å². The SMILES string of the molecule is CCOOCC.CCO[SiH2]CCCN1C=NCC1. The highest BCUT2D eigenvalue weighted by molar-refractivity contribution is 6.26. The van der Waals surface area contributed by atoms with Crippen LogP contribution in [0.25, 0.3) is 0 Å². The first-order chi connectivity index (χ1) is 8.85. The maximum Gasteiger partial charge on any atom is 0.161 e. The van der Waals surface area contributed by atoms with E-state index in [-0.39, 0.29) is 9.76 Å². The molecule has 0 saturated heterocycles.